The van der Waals surface area contributed by atoms with Gasteiger partial charge in [0.1, 0.15) is 11.6 Å². The second-order valence-electron chi connectivity index (χ2n) is 9.34. The van der Waals surface area contributed by atoms with Gasteiger partial charge in [0.05, 0.1) is 23.2 Å². The van der Waals surface area contributed by atoms with Crippen LogP contribution in [-0.4, -0.2) is 51.3 Å². The highest BCUT2D eigenvalue weighted by Crippen LogP contribution is 2.31. The van der Waals surface area contributed by atoms with Crippen LogP contribution in [0.4, 0.5) is 14.6 Å². The smallest absolute Gasteiger partial charge is 0.303 e. The fraction of sp³-hybridized carbons (Fsp3) is 0.480. The van der Waals surface area contributed by atoms with Crippen LogP contribution in [0, 0.1) is 17.6 Å². The van der Waals surface area contributed by atoms with Gasteiger partial charge in [-0.1, -0.05) is 0 Å². The van der Waals surface area contributed by atoms with E-state index in [0.717, 1.165) is 75.1 Å². The summed E-state index contributed by atoms with van der Waals surface area (Å²) in [5, 5.41) is 8.96. The van der Waals surface area contributed by atoms with Gasteiger partial charge < -0.3 is 19.7 Å². The van der Waals surface area contributed by atoms with Gasteiger partial charge in [-0.15, -0.1) is 0 Å². The molecule has 3 aromatic rings. The molecule has 9 heteroatoms. The van der Waals surface area contributed by atoms with Crippen LogP contribution in [0.2, 0.25) is 0 Å². The molecule has 1 saturated heterocycles. The number of piperidine rings is 1. The van der Waals surface area contributed by atoms with Gasteiger partial charge >= 0.3 is 5.97 Å². The highest BCUT2D eigenvalue weighted by molar-refractivity contribution is 5.79. The van der Waals surface area contributed by atoms with Crippen molar-refractivity contribution in [2.45, 2.75) is 57.2 Å². The lowest BCUT2D eigenvalue weighted by molar-refractivity contribution is -0.138. The van der Waals surface area contributed by atoms with Crippen molar-refractivity contribution in [2.75, 3.05) is 18.0 Å². The van der Waals surface area contributed by atoms with Crippen molar-refractivity contribution < 1.29 is 23.4 Å². The average molecular weight is 471 g/mol. The number of halogens is 2. The number of ether oxygens (including phenoxy) is 1. The molecule has 7 nitrogen and oxygen atoms in total. The molecule has 2 aromatic heterocycles. The number of anilines is 1. The summed E-state index contributed by atoms with van der Waals surface area (Å²) in [4.78, 5) is 25.1. The second-order valence-corrected chi connectivity index (χ2v) is 9.34. The number of hydrogen-bond donors (Lipinski definition) is 2. The Bertz CT molecular complexity index is 1110. The number of pyridine rings is 1. The maximum Gasteiger partial charge on any atom is 0.303 e. The number of fused-ring (bicyclic) bond motifs is 1. The first-order valence-electron chi connectivity index (χ1n) is 11.9. The highest BCUT2D eigenvalue weighted by Gasteiger charge is 2.28. The van der Waals surface area contributed by atoms with Crippen LogP contribution in [0.3, 0.4) is 0 Å². The quantitative estimate of drug-likeness (QED) is 0.531. The lowest BCUT2D eigenvalue weighted by Crippen LogP contribution is -2.39. The van der Waals surface area contributed by atoms with Crippen LogP contribution in [0.1, 0.15) is 44.9 Å². The third kappa shape index (κ3) is 5.04. The Balaban J connectivity index is 1.14. The Hall–Kier alpha value is -3.07. The summed E-state index contributed by atoms with van der Waals surface area (Å²) >= 11 is 0. The van der Waals surface area contributed by atoms with E-state index < -0.39 is 17.6 Å². The van der Waals surface area contributed by atoms with E-state index in [4.69, 9.17) is 9.84 Å². The van der Waals surface area contributed by atoms with Gasteiger partial charge in [-0.3, -0.25) is 4.79 Å². The Morgan fingerprint density at radius 2 is 1.76 bits per heavy atom. The van der Waals surface area contributed by atoms with E-state index in [-0.39, 0.29) is 24.5 Å². The fourth-order valence-electron chi connectivity index (χ4n) is 5.07. The summed E-state index contributed by atoms with van der Waals surface area (Å²) in [6.45, 7) is 1.71. The number of carboxylic acid groups (broad SMARTS) is 1. The fourth-order valence-corrected chi connectivity index (χ4v) is 5.07. The molecule has 3 heterocycles. The molecule has 5 rings (SSSR count). The number of nitrogens with zero attached hydrogens (tertiary/aromatic N) is 3. The molecular weight excluding hydrogens is 442 g/mol. The summed E-state index contributed by atoms with van der Waals surface area (Å²) in [6.07, 6.45) is 8.07. The zero-order valence-electron chi connectivity index (χ0n) is 18.8. The molecule has 0 radical (unpaired) electrons. The largest absolute Gasteiger partial charge is 0.481 e. The van der Waals surface area contributed by atoms with Crippen molar-refractivity contribution in [1.82, 2.24) is 15.0 Å². The van der Waals surface area contributed by atoms with Crippen LogP contribution in [0.15, 0.2) is 30.5 Å². The first-order chi connectivity index (χ1) is 16.4. The Morgan fingerprint density at radius 3 is 2.44 bits per heavy atom. The molecule has 0 amide bonds. The number of hydrogen-bond acceptors (Lipinski definition) is 5. The van der Waals surface area contributed by atoms with Crippen LogP contribution in [0.5, 0.6) is 0 Å². The van der Waals surface area contributed by atoms with Gasteiger partial charge in [0.2, 0.25) is 0 Å². The number of benzene rings is 1. The van der Waals surface area contributed by atoms with Gasteiger partial charge in [0.25, 0.3) is 0 Å². The summed E-state index contributed by atoms with van der Waals surface area (Å²) in [7, 11) is 0. The molecule has 2 aliphatic rings. The predicted octanol–water partition coefficient (Wildman–Crippen LogP) is 4.92. The third-order valence-electron chi connectivity index (χ3n) is 6.95. The third-order valence-corrected chi connectivity index (χ3v) is 6.95. The molecule has 180 valence electrons. The zero-order valence-corrected chi connectivity index (χ0v) is 18.8. The van der Waals surface area contributed by atoms with Crippen molar-refractivity contribution in [1.29, 1.82) is 0 Å². The summed E-state index contributed by atoms with van der Waals surface area (Å²) in [5.41, 5.74) is 1.56. The number of imidazole rings is 1. The molecule has 0 spiro atoms. The number of rotatable bonds is 6. The van der Waals surface area contributed by atoms with Gasteiger partial charge in [-0.2, -0.15) is 0 Å². The molecule has 1 saturated carbocycles. The van der Waals surface area contributed by atoms with Crippen molar-refractivity contribution in [2.24, 2.45) is 5.92 Å². The van der Waals surface area contributed by atoms with E-state index in [1.165, 1.54) is 0 Å². The molecule has 2 fully saturated rings. The van der Waals surface area contributed by atoms with Gasteiger partial charge in [0.15, 0.2) is 11.6 Å². The summed E-state index contributed by atoms with van der Waals surface area (Å²) in [6, 6.07) is 6.04. The molecule has 2 N–H and O–H groups in total. The molecule has 1 aromatic carbocycles. The number of nitrogens with one attached hydrogen (secondary N) is 1. The van der Waals surface area contributed by atoms with Crippen molar-refractivity contribution >= 4 is 22.8 Å². The van der Waals surface area contributed by atoms with Crippen LogP contribution in [0.25, 0.3) is 22.4 Å². The number of carbonyl (C=O) groups is 1. The molecule has 1 aliphatic heterocycles. The summed E-state index contributed by atoms with van der Waals surface area (Å²) < 4.78 is 33.3. The van der Waals surface area contributed by atoms with Crippen molar-refractivity contribution in [3.8, 4) is 11.4 Å². The minimum absolute atomic E-state index is 0.230. The zero-order chi connectivity index (χ0) is 23.7. The van der Waals surface area contributed by atoms with E-state index in [2.05, 4.69) is 19.9 Å². The topological polar surface area (TPSA) is 91.3 Å². The lowest BCUT2D eigenvalue weighted by atomic mass is 9.85. The van der Waals surface area contributed by atoms with E-state index in [1.807, 2.05) is 12.1 Å². The van der Waals surface area contributed by atoms with Crippen LogP contribution in [-0.2, 0) is 9.53 Å². The summed E-state index contributed by atoms with van der Waals surface area (Å²) in [5.74, 6) is -0.850. The van der Waals surface area contributed by atoms with Crippen molar-refractivity contribution in [3.05, 3.63) is 42.1 Å². The highest BCUT2D eigenvalue weighted by atomic mass is 19.2. The number of aromatic nitrogens is 3. The Labute approximate surface area is 196 Å². The lowest BCUT2D eigenvalue weighted by Gasteiger charge is -2.36. The first-order valence-corrected chi connectivity index (χ1v) is 11.9. The number of aromatic amines is 1. The molecule has 0 atom stereocenters. The molecule has 0 bridgehead atoms. The SMILES string of the molecule is O=C(O)C[C@H]1CC[C@H](OC2CCN(c3ccc(-c4nc5cc(F)c(F)cc5[nH]4)cn3)CC2)CC1. The van der Waals surface area contributed by atoms with Crippen molar-refractivity contribution in [3.63, 3.8) is 0 Å². The molecule has 0 unspecified atom stereocenters. The monoisotopic (exact) mass is 470 g/mol. The van der Waals surface area contributed by atoms with E-state index >= 15 is 0 Å². The number of H-pyrrole nitrogens is 1. The van der Waals surface area contributed by atoms with Crippen LogP contribution >= 0.6 is 0 Å². The molecule has 34 heavy (non-hydrogen) atoms. The van der Waals surface area contributed by atoms with Gasteiger partial charge in [-0.05, 0) is 56.6 Å². The number of carboxylic acids is 1. The van der Waals surface area contributed by atoms with E-state index in [0.29, 0.717) is 16.9 Å². The number of aliphatic carboxylic acids is 1. The maximum absolute atomic E-state index is 13.5. The molecule has 1 aliphatic carbocycles. The Kier molecular flexibility index (Phi) is 6.45. The normalized spacial score (nSPS) is 21.8. The van der Waals surface area contributed by atoms with E-state index in [9.17, 15) is 13.6 Å². The Morgan fingerprint density at radius 1 is 1.06 bits per heavy atom. The maximum atomic E-state index is 13.5. The minimum atomic E-state index is -0.919. The standard InChI is InChI=1S/C25H28F2N4O3/c26-19-12-21-22(13-20(19)27)30-25(29-21)16-3-6-23(28-14-16)31-9-7-18(8-10-31)34-17-4-1-15(2-5-17)11-24(32)33/h3,6,12-15,17-18H,1-2,4-5,7-11H2,(H,29,30)(H,32,33)/t15-,17-. The first kappa shape index (κ1) is 22.7. The second kappa shape index (κ2) is 9.66. The van der Waals surface area contributed by atoms with Crippen LogP contribution < -0.4 is 4.90 Å². The van der Waals surface area contributed by atoms with Gasteiger partial charge in [0, 0.05) is 43.4 Å². The molecular formula is C25H28F2N4O3. The van der Waals surface area contributed by atoms with E-state index in [1.54, 1.807) is 6.20 Å². The predicted molar refractivity (Wildman–Crippen MR) is 124 cm³/mol. The minimum Gasteiger partial charge on any atom is -0.481 e. The van der Waals surface area contributed by atoms with Gasteiger partial charge in [-0.25, -0.2) is 18.7 Å². The average Bonchev–Trinajstić information content (AvgIpc) is 3.23.